The molecule has 0 aliphatic carbocycles. The number of nitrogens with zero attached hydrogens (tertiary/aromatic N) is 1. The fourth-order valence-electron chi connectivity index (χ4n) is 0.226. The Hall–Kier alpha value is -0.860. The topological polar surface area (TPSA) is 38.7 Å². The minimum absolute atomic E-state index is 0.0908. The van der Waals surface area contributed by atoms with E-state index >= 15 is 0 Å². The van der Waals surface area contributed by atoms with Crippen LogP contribution in [-0.4, -0.2) is 18.4 Å². The Labute approximate surface area is 54.7 Å². The van der Waals surface area contributed by atoms with Crippen molar-refractivity contribution in [2.75, 3.05) is 0 Å². The SMILES string of the molecule is CC(=O)N=COC(C)C. The molecule has 0 aromatic rings. The molecule has 0 aliphatic rings. The normalized spacial score (nSPS) is 10.7. The summed E-state index contributed by atoms with van der Waals surface area (Å²) in [5.74, 6) is -0.240. The van der Waals surface area contributed by atoms with E-state index in [4.69, 9.17) is 4.74 Å². The lowest BCUT2D eigenvalue weighted by Crippen LogP contribution is -2.00. The van der Waals surface area contributed by atoms with Gasteiger partial charge in [-0.1, -0.05) is 0 Å². The maximum atomic E-state index is 10.1. The predicted octanol–water partition coefficient (Wildman–Crippen LogP) is 0.986. The third-order valence-electron chi connectivity index (χ3n) is 0.568. The van der Waals surface area contributed by atoms with Gasteiger partial charge in [0, 0.05) is 6.92 Å². The van der Waals surface area contributed by atoms with Crippen molar-refractivity contribution in [3.8, 4) is 0 Å². The van der Waals surface area contributed by atoms with Crippen LogP contribution in [0.2, 0.25) is 0 Å². The molecule has 0 aromatic heterocycles. The summed E-state index contributed by atoms with van der Waals surface area (Å²) in [6, 6.07) is 0. The highest BCUT2D eigenvalue weighted by Gasteiger charge is 1.86. The molecule has 0 unspecified atom stereocenters. The van der Waals surface area contributed by atoms with E-state index in [1.165, 1.54) is 13.3 Å². The van der Waals surface area contributed by atoms with Gasteiger partial charge >= 0.3 is 0 Å². The molecule has 3 nitrogen and oxygen atoms in total. The Bertz CT molecular complexity index is 118. The fourth-order valence-corrected chi connectivity index (χ4v) is 0.226. The molecule has 0 aliphatic heterocycles. The number of carbonyl (C=O) groups excluding carboxylic acids is 1. The summed E-state index contributed by atoms with van der Waals surface area (Å²) in [6.07, 6.45) is 1.26. The highest BCUT2D eigenvalue weighted by atomic mass is 16.5. The zero-order valence-corrected chi connectivity index (χ0v) is 5.92. The molecular weight excluding hydrogens is 118 g/mol. The van der Waals surface area contributed by atoms with Crippen molar-refractivity contribution in [3.05, 3.63) is 0 Å². The number of hydrogen-bond donors (Lipinski definition) is 0. The third kappa shape index (κ3) is 7.14. The third-order valence-corrected chi connectivity index (χ3v) is 0.568. The van der Waals surface area contributed by atoms with Crippen molar-refractivity contribution in [2.45, 2.75) is 26.9 Å². The first-order valence-corrected chi connectivity index (χ1v) is 2.81. The summed E-state index contributed by atoms with van der Waals surface area (Å²) >= 11 is 0. The Morgan fingerprint density at radius 1 is 1.67 bits per heavy atom. The molecule has 3 heteroatoms. The van der Waals surface area contributed by atoms with Crippen LogP contribution in [0.4, 0.5) is 0 Å². The molecule has 0 N–H and O–H groups in total. The lowest BCUT2D eigenvalue weighted by Gasteiger charge is -1.99. The predicted molar refractivity (Wildman–Crippen MR) is 35.4 cm³/mol. The van der Waals surface area contributed by atoms with Gasteiger partial charge in [0.1, 0.15) is 0 Å². The molecule has 9 heavy (non-hydrogen) atoms. The minimum Gasteiger partial charge on any atom is -0.480 e. The van der Waals surface area contributed by atoms with Crippen LogP contribution in [0.1, 0.15) is 20.8 Å². The molecule has 52 valence electrons. The van der Waals surface area contributed by atoms with Gasteiger partial charge in [-0.05, 0) is 13.8 Å². The largest absolute Gasteiger partial charge is 0.480 e. The maximum absolute atomic E-state index is 10.1. The lowest BCUT2D eigenvalue weighted by atomic mass is 10.5. The summed E-state index contributed by atoms with van der Waals surface area (Å²) in [4.78, 5) is 13.5. The van der Waals surface area contributed by atoms with Gasteiger partial charge in [0.05, 0.1) is 6.10 Å². The summed E-state index contributed by atoms with van der Waals surface area (Å²) in [5, 5.41) is 0. The van der Waals surface area contributed by atoms with Crippen LogP contribution >= 0.6 is 0 Å². The zero-order valence-electron chi connectivity index (χ0n) is 5.92. The number of amides is 1. The van der Waals surface area contributed by atoms with Crippen LogP contribution in [0.5, 0.6) is 0 Å². The van der Waals surface area contributed by atoms with Crippen LogP contribution in [0.25, 0.3) is 0 Å². The first-order chi connectivity index (χ1) is 4.13. The van der Waals surface area contributed by atoms with Gasteiger partial charge in [-0.15, -0.1) is 0 Å². The number of aliphatic imine (C=N–C) groups is 1. The van der Waals surface area contributed by atoms with Gasteiger partial charge in [0.2, 0.25) is 5.91 Å². The average Bonchev–Trinajstić information content (AvgIpc) is 1.63. The van der Waals surface area contributed by atoms with Crippen LogP contribution in [0.3, 0.4) is 0 Å². The van der Waals surface area contributed by atoms with Crippen LogP contribution in [0, 0.1) is 0 Å². The average molecular weight is 129 g/mol. The van der Waals surface area contributed by atoms with E-state index in [0.29, 0.717) is 0 Å². The van der Waals surface area contributed by atoms with Crippen molar-refractivity contribution < 1.29 is 9.53 Å². The van der Waals surface area contributed by atoms with Crippen molar-refractivity contribution in [2.24, 2.45) is 4.99 Å². The number of ether oxygens (including phenoxy) is 1. The van der Waals surface area contributed by atoms with E-state index in [9.17, 15) is 4.79 Å². The van der Waals surface area contributed by atoms with Gasteiger partial charge in [0.25, 0.3) is 0 Å². The maximum Gasteiger partial charge on any atom is 0.245 e. The van der Waals surface area contributed by atoms with Crippen LogP contribution in [0.15, 0.2) is 4.99 Å². The Morgan fingerprint density at radius 2 is 2.22 bits per heavy atom. The molecule has 0 bridgehead atoms. The number of hydrogen-bond acceptors (Lipinski definition) is 2. The molecule has 0 atom stereocenters. The van der Waals surface area contributed by atoms with E-state index < -0.39 is 0 Å². The molecule has 0 saturated heterocycles. The Balaban J connectivity index is 3.36. The van der Waals surface area contributed by atoms with Crippen molar-refractivity contribution in [1.82, 2.24) is 0 Å². The summed E-state index contributed by atoms with van der Waals surface area (Å²) in [6.45, 7) is 5.11. The van der Waals surface area contributed by atoms with Gasteiger partial charge in [-0.25, -0.2) is 0 Å². The molecule has 0 rings (SSSR count). The molecule has 0 heterocycles. The first-order valence-electron chi connectivity index (χ1n) is 2.81. The molecule has 0 radical (unpaired) electrons. The second-order valence-corrected chi connectivity index (χ2v) is 1.94. The smallest absolute Gasteiger partial charge is 0.245 e. The van der Waals surface area contributed by atoms with E-state index in [0.717, 1.165) is 0 Å². The van der Waals surface area contributed by atoms with E-state index in [1.54, 1.807) is 0 Å². The van der Waals surface area contributed by atoms with Crippen LogP contribution in [-0.2, 0) is 9.53 Å². The molecule has 0 aromatic carbocycles. The van der Waals surface area contributed by atoms with Gasteiger partial charge in [-0.2, -0.15) is 4.99 Å². The molecule has 0 fully saturated rings. The standard InChI is InChI=1S/C6H11NO2/c1-5(2)9-4-7-6(3)8/h4-5H,1-3H3. The van der Waals surface area contributed by atoms with E-state index in [2.05, 4.69) is 4.99 Å². The van der Waals surface area contributed by atoms with Gasteiger partial charge < -0.3 is 4.74 Å². The quantitative estimate of drug-likeness (QED) is 0.412. The van der Waals surface area contributed by atoms with Crippen molar-refractivity contribution >= 4 is 12.3 Å². The van der Waals surface area contributed by atoms with Gasteiger partial charge in [0.15, 0.2) is 6.40 Å². The molecule has 0 spiro atoms. The summed E-state index contributed by atoms with van der Waals surface area (Å²) in [7, 11) is 0. The van der Waals surface area contributed by atoms with E-state index in [1.807, 2.05) is 13.8 Å². The van der Waals surface area contributed by atoms with Crippen molar-refractivity contribution in [3.63, 3.8) is 0 Å². The monoisotopic (exact) mass is 129 g/mol. The minimum atomic E-state index is -0.240. The van der Waals surface area contributed by atoms with Crippen molar-refractivity contribution in [1.29, 1.82) is 0 Å². The van der Waals surface area contributed by atoms with Crippen LogP contribution < -0.4 is 0 Å². The highest BCUT2D eigenvalue weighted by Crippen LogP contribution is 1.82. The highest BCUT2D eigenvalue weighted by molar-refractivity contribution is 5.80. The Kier molecular flexibility index (Phi) is 3.67. The lowest BCUT2D eigenvalue weighted by molar-refractivity contribution is -0.115. The number of rotatable bonds is 2. The molecule has 1 amide bonds. The summed E-state index contributed by atoms with van der Waals surface area (Å²) in [5.41, 5.74) is 0. The molecular formula is C6H11NO2. The number of carbonyl (C=O) groups is 1. The summed E-state index contributed by atoms with van der Waals surface area (Å²) < 4.78 is 4.84. The zero-order chi connectivity index (χ0) is 7.28. The van der Waals surface area contributed by atoms with E-state index in [-0.39, 0.29) is 12.0 Å². The van der Waals surface area contributed by atoms with Gasteiger partial charge in [-0.3, -0.25) is 4.79 Å². The first kappa shape index (κ1) is 8.14. The fraction of sp³-hybridized carbons (Fsp3) is 0.667. The Morgan fingerprint density at radius 3 is 2.56 bits per heavy atom. The second kappa shape index (κ2) is 4.06. The molecule has 0 saturated carbocycles. The second-order valence-electron chi connectivity index (χ2n) is 1.94.